The number of carbonyl (C=O) groups is 1. The van der Waals surface area contributed by atoms with Gasteiger partial charge in [-0.25, -0.2) is 9.18 Å². The molecule has 4 heteroatoms. The van der Waals surface area contributed by atoms with E-state index in [9.17, 15) is 14.3 Å². The Morgan fingerprint density at radius 3 is 2.69 bits per heavy atom. The fraction of sp³-hybridized carbons (Fsp3) is 0.417. The summed E-state index contributed by atoms with van der Waals surface area (Å²) in [6.07, 6.45) is 1.63. The van der Waals surface area contributed by atoms with Gasteiger partial charge in [0.25, 0.3) is 0 Å². The predicted molar refractivity (Wildman–Crippen MR) is 55.6 cm³/mol. The van der Waals surface area contributed by atoms with Crippen molar-refractivity contribution in [3.63, 3.8) is 0 Å². The zero-order valence-corrected chi connectivity index (χ0v) is 8.74. The van der Waals surface area contributed by atoms with Crippen molar-refractivity contribution in [2.24, 2.45) is 0 Å². The number of aliphatic hydroxyl groups is 1. The van der Waals surface area contributed by atoms with Crippen LogP contribution in [0.3, 0.4) is 0 Å². The van der Waals surface area contributed by atoms with Crippen LogP contribution in [-0.2, 0) is 17.6 Å². The summed E-state index contributed by atoms with van der Waals surface area (Å²) in [6.45, 7) is 0. The molecule has 1 unspecified atom stereocenters. The lowest BCUT2D eigenvalue weighted by Gasteiger charge is -2.19. The van der Waals surface area contributed by atoms with Gasteiger partial charge in [-0.05, 0) is 36.8 Å². The van der Waals surface area contributed by atoms with Crippen LogP contribution in [0.5, 0.6) is 0 Å². The molecule has 1 aromatic carbocycles. The van der Waals surface area contributed by atoms with Crippen LogP contribution in [-0.4, -0.2) is 16.2 Å². The third kappa shape index (κ3) is 1.80. The molecule has 0 spiro atoms. The van der Waals surface area contributed by atoms with Gasteiger partial charge < -0.3 is 10.2 Å². The number of benzene rings is 1. The average molecular weight is 224 g/mol. The van der Waals surface area contributed by atoms with E-state index in [-0.39, 0.29) is 5.56 Å². The third-order valence-corrected chi connectivity index (χ3v) is 3.02. The first kappa shape index (κ1) is 11.1. The Morgan fingerprint density at radius 1 is 1.31 bits per heavy atom. The van der Waals surface area contributed by atoms with Crippen LogP contribution >= 0.6 is 0 Å². The molecule has 16 heavy (non-hydrogen) atoms. The van der Waals surface area contributed by atoms with Crippen LogP contribution in [0.2, 0.25) is 0 Å². The van der Waals surface area contributed by atoms with Gasteiger partial charge in [0.05, 0.1) is 0 Å². The van der Waals surface area contributed by atoms with E-state index >= 15 is 0 Å². The summed E-state index contributed by atoms with van der Waals surface area (Å²) in [5.41, 5.74) is 1.38. The van der Waals surface area contributed by atoms with Crippen molar-refractivity contribution < 1.29 is 19.4 Å². The minimum atomic E-state index is -1.77. The summed E-state index contributed by atoms with van der Waals surface area (Å²) in [5, 5.41) is 18.0. The molecule has 2 rings (SSSR count). The molecule has 0 bridgehead atoms. The van der Waals surface area contributed by atoms with Crippen molar-refractivity contribution in [2.75, 3.05) is 0 Å². The summed E-state index contributed by atoms with van der Waals surface area (Å²) >= 11 is 0. The molecule has 1 atom stereocenters. The summed E-state index contributed by atoms with van der Waals surface area (Å²) in [6, 6.07) is 3.09. The monoisotopic (exact) mass is 224 g/mol. The average Bonchev–Trinajstić information content (AvgIpc) is 2.29. The quantitative estimate of drug-likeness (QED) is 0.805. The number of aliphatic hydroxyl groups excluding tert-OH is 1. The molecule has 1 aromatic rings. The number of aliphatic carboxylic acids is 1. The van der Waals surface area contributed by atoms with Gasteiger partial charge >= 0.3 is 5.97 Å². The first-order chi connectivity index (χ1) is 7.61. The van der Waals surface area contributed by atoms with Crippen LogP contribution < -0.4 is 0 Å². The molecular weight excluding hydrogens is 211 g/mol. The molecule has 0 saturated heterocycles. The smallest absolute Gasteiger partial charge is 0.337 e. The maximum absolute atomic E-state index is 13.9. The van der Waals surface area contributed by atoms with Gasteiger partial charge in [-0.15, -0.1) is 0 Å². The number of hydrogen-bond acceptors (Lipinski definition) is 2. The Bertz CT molecular complexity index is 429. The number of rotatable bonds is 2. The summed E-state index contributed by atoms with van der Waals surface area (Å²) in [5.74, 6) is -1.97. The van der Waals surface area contributed by atoms with E-state index < -0.39 is 17.9 Å². The van der Waals surface area contributed by atoms with Gasteiger partial charge in [-0.2, -0.15) is 0 Å². The minimum Gasteiger partial charge on any atom is -0.479 e. The van der Waals surface area contributed by atoms with Crippen molar-refractivity contribution >= 4 is 5.97 Å². The van der Waals surface area contributed by atoms with E-state index in [1.807, 2.05) is 0 Å². The molecule has 2 N–H and O–H groups in total. The highest BCUT2D eigenvalue weighted by molar-refractivity contribution is 5.74. The molecular formula is C12H13FO3. The van der Waals surface area contributed by atoms with Gasteiger partial charge in [0.1, 0.15) is 5.82 Å². The summed E-state index contributed by atoms with van der Waals surface area (Å²) < 4.78 is 13.9. The maximum atomic E-state index is 13.9. The highest BCUT2D eigenvalue weighted by atomic mass is 19.1. The topological polar surface area (TPSA) is 57.5 Å². The molecule has 0 radical (unpaired) electrons. The van der Waals surface area contributed by atoms with E-state index in [1.54, 1.807) is 6.07 Å². The van der Waals surface area contributed by atoms with Crippen LogP contribution in [0.4, 0.5) is 4.39 Å². The predicted octanol–water partition coefficient (Wildman–Crippen LogP) is 1.82. The number of aryl methyl sites for hydroxylation is 1. The second-order valence-corrected chi connectivity index (χ2v) is 4.05. The number of hydrogen-bond donors (Lipinski definition) is 2. The number of carboxylic acid groups (broad SMARTS) is 1. The molecule has 1 aliphatic carbocycles. The van der Waals surface area contributed by atoms with Crippen LogP contribution in [0.1, 0.15) is 35.6 Å². The molecule has 0 aromatic heterocycles. The molecule has 3 nitrogen and oxygen atoms in total. The molecule has 0 aliphatic heterocycles. The van der Waals surface area contributed by atoms with Crippen LogP contribution in [0, 0.1) is 5.82 Å². The van der Waals surface area contributed by atoms with Gasteiger partial charge in [0.2, 0.25) is 0 Å². The Labute approximate surface area is 92.5 Å². The third-order valence-electron chi connectivity index (χ3n) is 3.02. The highest BCUT2D eigenvalue weighted by Gasteiger charge is 2.24. The molecule has 0 saturated carbocycles. The van der Waals surface area contributed by atoms with Gasteiger partial charge in [0.15, 0.2) is 6.10 Å². The molecule has 1 aliphatic rings. The second-order valence-electron chi connectivity index (χ2n) is 4.05. The largest absolute Gasteiger partial charge is 0.479 e. The van der Waals surface area contributed by atoms with Crippen molar-refractivity contribution in [3.8, 4) is 0 Å². The number of carboxylic acids is 1. The fourth-order valence-electron chi connectivity index (χ4n) is 2.15. The van der Waals surface area contributed by atoms with Crippen LogP contribution in [0.15, 0.2) is 12.1 Å². The van der Waals surface area contributed by atoms with E-state index in [0.29, 0.717) is 12.0 Å². The normalized spacial score (nSPS) is 16.6. The minimum absolute atomic E-state index is 0.131. The van der Waals surface area contributed by atoms with Gasteiger partial charge in [-0.3, -0.25) is 0 Å². The van der Waals surface area contributed by atoms with E-state index in [0.717, 1.165) is 24.8 Å². The zero-order chi connectivity index (χ0) is 11.7. The Balaban J connectivity index is 2.45. The van der Waals surface area contributed by atoms with Crippen molar-refractivity contribution in [1.29, 1.82) is 0 Å². The molecule has 0 fully saturated rings. The number of halogens is 1. The van der Waals surface area contributed by atoms with E-state index in [4.69, 9.17) is 5.11 Å². The zero-order valence-electron chi connectivity index (χ0n) is 8.74. The van der Waals surface area contributed by atoms with Gasteiger partial charge in [0, 0.05) is 5.56 Å². The lowest BCUT2D eigenvalue weighted by atomic mass is 9.89. The standard InChI is InChI=1S/C12H13FO3/c13-10-8-4-2-1-3-7(8)5-6-9(10)11(14)12(15)16/h5-6,11,14H,1-4H2,(H,15,16). The van der Waals surface area contributed by atoms with Crippen molar-refractivity contribution in [1.82, 2.24) is 0 Å². The second kappa shape index (κ2) is 4.22. The molecule has 0 heterocycles. The first-order valence-corrected chi connectivity index (χ1v) is 5.32. The summed E-state index contributed by atoms with van der Waals surface area (Å²) in [7, 11) is 0. The van der Waals surface area contributed by atoms with E-state index in [2.05, 4.69) is 0 Å². The van der Waals surface area contributed by atoms with Crippen molar-refractivity contribution in [3.05, 3.63) is 34.6 Å². The fourth-order valence-corrected chi connectivity index (χ4v) is 2.15. The summed E-state index contributed by atoms with van der Waals surface area (Å²) in [4.78, 5) is 10.6. The Morgan fingerprint density at radius 2 is 2.00 bits per heavy atom. The molecule has 0 amide bonds. The first-order valence-electron chi connectivity index (χ1n) is 5.32. The lowest BCUT2D eigenvalue weighted by Crippen LogP contribution is -2.15. The van der Waals surface area contributed by atoms with Gasteiger partial charge in [-0.1, -0.05) is 12.1 Å². The molecule has 86 valence electrons. The van der Waals surface area contributed by atoms with Crippen molar-refractivity contribution in [2.45, 2.75) is 31.8 Å². The SMILES string of the molecule is O=C(O)C(O)c1ccc2c(c1F)CCCC2. The Hall–Kier alpha value is -1.42. The number of fused-ring (bicyclic) bond motifs is 1. The van der Waals surface area contributed by atoms with E-state index in [1.165, 1.54) is 6.07 Å². The Kier molecular flexibility index (Phi) is 2.92. The highest BCUT2D eigenvalue weighted by Crippen LogP contribution is 2.28. The maximum Gasteiger partial charge on any atom is 0.337 e. The lowest BCUT2D eigenvalue weighted by molar-refractivity contribution is -0.147. The van der Waals surface area contributed by atoms with Crippen LogP contribution in [0.25, 0.3) is 0 Å².